The molecule has 0 saturated carbocycles. The average Bonchev–Trinajstić information content (AvgIpc) is 3.28. The van der Waals surface area contributed by atoms with Crippen LogP contribution in [0.4, 0.5) is 0 Å². The molecule has 0 aliphatic rings. The molecule has 0 unspecified atom stereocenters. The lowest BCUT2D eigenvalue weighted by molar-refractivity contribution is 0.0950. The Hall–Kier alpha value is -2.93. The molecule has 1 amide bonds. The second kappa shape index (κ2) is 7.56. The minimum atomic E-state index is -0.365. The van der Waals surface area contributed by atoms with Crippen LogP contribution in [0.5, 0.6) is 5.75 Å². The van der Waals surface area contributed by atoms with Crippen molar-refractivity contribution in [3.05, 3.63) is 59.1 Å². The number of carbonyl (C=O) groups is 1. The largest absolute Gasteiger partial charge is 0.494 e. The van der Waals surface area contributed by atoms with E-state index in [0.29, 0.717) is 12.3 Å². The van der Waals surface area contributed by atoms with E-state index in [2.05, 4.69) is 20.7 Å². The smallest absolute Gasteiger partial charge is 0.291 e. The van der Waals surface area contributed by atoms with E-state index in [0.717, 1.165) is 21.9 Å². The summed E-state index contributed by atoms with van der Waals surface area (Å²) >= 11 is 1.58. The van der Waals surface area contributed by atoms with Gasteiger partial charge >= 0.3 is 0 Å². The second-order valence-corrected chi connectivity index (χ2v) is 5.79. The van der Waals surface area contributed by atoms with E-state index < -0.39 is 0 Å². The van der Waals surface area contributed by atoms with E-state index >= 15 is 0 Å². The van der Waals surface area contributed by atoms with Gasteiger partial charge in [0.25, 0.3) is 5.91 Å². The van der Waals surface area contributed by atoms with Gasteiger partial charge in [-0.2, -0.15) is 10.2 Å². The van der Waals surface area contributed by atoms with Crippen LogP contribution in [0.3, 0.4) is 0 Å². The van der Waals surface area contributed by atoms with Crippen LogP contribution in [-0.2, 0) is 0 Å². The van der Waals surface area contributed by atoms with Crippen LogP contribution < -0.4 is 10.2 Å². The molecule has 0 fully saturated rings. The van der Waals surface area contributed by atoms with Gasteiger partial charge in [0.15, 0.2) is 5.69 Å². The van der Waals surface area contributed by atoms with Gasteiger partial charge in [-0.25, -0.2) is 5.43 Å². The molecule has 122 valence electrons. The summed E-state index contributed by atoms with van der Waals surface area (Å²) in [5, 5.41) is 12.8. The number of carbonyl (C=O) groups excluding carboxylic acids is 1. The molecule has 7 heteroatoms. The van der Waals surface area contributed by atoms with Gasteiger partial charge in [-0.3, -0.25) is 9.89 Å². The predicted octanol–water partition coefficient (Wildman–Crippen LogP) is 3.30. The van der Waals surface area contributed by atoms with Crippen molar-refractivity contribution in [2.24, 2.45) is 5.10 Å². The van der Waals surface area contributed by atoms with Crippen molar-refractivity contribution in [1.82, 2.24) is 15.6 Å². The van der Waals surface area contributed by atoms with Crippen molar-refractivity contribution < 1.29 is 9.53 Å². The molecule has 0 aliphatic carbocycles. The van der Waals surface area contributed by atoms with Crippen LogP contribution in [0.2, 0.25) is 0 Å². The van der Waals surface area contributed by atoms with Crippen LogP contribution >= 0.6 is 11.3 Å². The fraction of sp³-hybridized carbons (Fsp3) is 0.118. The summed E-state index contributed by atoms with van der Waals surface area (Å²) in [4.78, 5) is 13.1. The Balaban J connectivity index is 1.59. The number of aromatic nitrogens is 2. The molecular weight excluding hydrogens is 324 g/mol. The number of aromatic amines is 1. The van der Waals surface area contributed by atoms with E-state index in [4.69, 9.17) is 4.74 Å². The first-order chi connectivity index (χ1) is 11.8. The number of hydrogen-bond donors (Lipinski definition) is 2. The van der Waals surface area contributed by atoms with Gasteiger partial charge in [0.05, 0.1) is 23.4 Å². The highest BCUT2D eigenvalue weighted by Crippen LogP contribution is 2.22. The maximum absolute atomic E-state index is 12.0. The predicted molar refractivity (Wildman–Crippen MR) is 94.6 cm³/mol. The zero-order valence-electron chi connectivity index (χ0n) is 13.0. The molecule has 0 saturated heterocycles. The average molecular weight is 340 g/mol. The SMILES string of the molecule is CCOc1ccc(/C=N/NC(=O)c2cc(-c3cccs3)[nH]n2)cc1. The molecule has 3 aromatic rings. The number of thiophene rings is 1. The molecule has 1 aromatic carbocycles. The van der Waals surface area contributed by atoms with E-state index in [1.807, 2.05) is 48.7 Å². The summed E-state index contributed by atoms with van der Waals surface area (Å²) < 4.78 is 5.37. The fourth-order valence-corrected chi connectivity index (χ4v) is 2.73. The van der Waals surface area contributed by atoms with E-state index in [-0.39, 0.29) is 5.91 Å². The molecule has 0 aliphatic heterocycles. The van der Waals surface area contributed by atoms with Crippen molar-refractivity contribution >= 4 is 23.5 Å². The summed E-state index contributed by atoms with van der Waals surface area (Å²) in [6.45, 7) is 2.56. The summed E-state index contributed by atoms with van der Waals surface area (Å²) in [6, 6.07) is 13.1. The minimum Gasteiger partial charge on any atom is -0.494 e. The lowest BCUT2D eigenvalue weighted by atomic mass is 10.2. The minimum absolute atomic E-state index is 0.294. The Morgan fingerprint density at radius 3 is 2.92 bits per heavy atom. The Morgan fingerprint density at radius 1 is 1.38 bits per heavy atom. The quantitative estimate of drug-likeness (QED) is 0.534. The highest BCUT2D eigenvalue weighted by molar-refractivity contribution is 7.13. The Kier molecular flexibility index (Phi) is 5.02. The summed E-state index contributed by atoms with van der Waals surface area (Å²) in [6.07, 6.45) is 1.57. The summed E-state index contributed by atoms with van der Waals surface area (Å²) in [5.74, 6) is 0.438. The van der Waals surface area contributed by atoms with Gasteiger partial charge in [-0.05, 0) is 54.3 Å². The molecule has 2 N–H and O–H groups in total. The zero-order chi connectivity index (χ0) is 16.8. The molecule has 2 heterocycles. The van der Waals surface area contributed by atoms with Crippen LogP contribution in [-0.4, -0.2) is 28.9 Å². The number of ether oxygens (including phenoxy) is 1. The molecule has 0 spiro atoms. The van der Waals surface area contributed by atoms with Gasteiger partial charge in [0, 0.05) is 0 Å². The number of nitrogens with zero attached hydrogens (tertiary/aromatic N) is 2. The highest BCUT2D eigenvalue weighted by atomic mass is 32.1. The van der Waals surface area contributed by atoms with Crippen LogP contribution in [0.1, 0.15) is 23.0 Å². The van der Waals surface area contributed by atoms with Gasteiger partial charge in [-0.15, -0.1) is 11.3 Å². The lowest BCUT2D eigenvalue weighted by Crippen LogP contribution is -2.17. The van der Waals surface area contributed by atoms with Gasteiger partial charge in [0.1, 0.15) is 5.75 Å². The first-order valence-electron chi connectivity index (χ1n) is 7.42. The van der Waals surface area contributed by atoms with Crippen LogP contribution in [0.25, 0.3) is 10.6 Å². The zero-order valence-corrected chi connectivity index (χ0v) is 13.8. The number of benzene rings is 1. The number of hydrazone groups is 1. The molecule has 0 bridgehead atoms. The lowest BCUT2D eigenvalue weighted by Gasteiger charge is -2.02. The molecule has 24 heavy (non-hydrogen) atoms. The second-order valence-electron chi connectivity index (χ2n) is 4.85. The fourth-order valence-electron chi connectivity index (χ4n) is 2.04. The molecule has 0 radical (unpaired) electrons. The molecule has 0 atom stereocenters. The Labute approximate surface area is 143 Å². The number of hydrogen-bond acceptors (Lipinski definition) is 5. The van der Waals surface area contributed by atoms with Crippen molar-refractivity contribution in [2.75, 3.05) is 6.61 Å². The standard InChI is InChI=1S/C17H16N4O2S/c1-2-23-13-7-5-12(6-8-13)11-18-21-17(22)15-10-14(19-20-15)16-4-3-9-24-16/h3-11H,2H2,1H3,(H,19,20)(H,21,22)/b18-11+. The number of H-pyrrole nitrogens is 1. The third kappa shape index (κ3) is 3.88. The first kappa shape index (κ1) is 15.9. The Bertz CT molecular complexity index is 823. The molecule has 6 nitrogen and oxygen atoms in total. The van der Waals surface area contributed by atoms with Crippen molar-refractivity contribution in [2.45, 2.75) is 6.92 Å². The van der Waals surface area contributed by atoms with Crippen molar-refractivity contribution in [3.8, 4) is 16.3 Å². The van der Waals surface area contributed by atoms with Gasteiger partial charge in [-0.1, -0.05) is 6.07 Å². The number of nitrogens with one attached hydrogen (secondary N) is 2. The third-order valence-corrected chi connectivity index (χ3v) is 4.07. The topological polar surface area (TPSA) is 79.4 Å². The molecule has 3 rings (SSSR count). The van der Waals surface area contributed by atoms with Gasteiger partial charge < -0.3 is 4.74 Å². The van der Waals surface area contributed by atoms with Gasteiger partial charge in [0.2, 0.25) is 0 Å². The summed E-state index contributed by atoms with van der Waals surface area (Å²) in [7, 11) is 0. The van der Waals surface area contributed by atoms with E-state index in [1.165, 1.54) is 0 Å². The highest BCUT2D eigenvalue weighted by Gasteiger charge is 2.11. The molecule has 2 aromatic heterocycles. The maximum Gasteiger partial charge on any atom is 0.291 e. The summed E-state index contributed by atoms with van der Waals surface area (Å²) in [5.41, 5.74) is 4.43. The molecular formula is C17H16N4O2S. The van der Waals surface area contributed by atoms with Crippen molar-refractivity contribution in [3.63, 3.8) is 0 Å². The Morgan fingerprint density at radius 2 is 2.21 bits per heavy atom. The van der Waals surface area contributed by atoms with E-state index in [9.17, 15) is 4.79 Å². The van der Waals surface area contributed by atoms with Crippen LogP contribution in [0, 0.1) is 0 Å². The normalized spacial score (nSPS) is 10.9. The maximum atomic E-state index is 12.0. The number of amides is 1. The van der Waals surface area contributed by atoms with Crippen molar-refractivity contribution in [1.29, 1.82) is 0 Å². The first-order valence-corrected chi connectivity index (χ1v) is 8.30. The number of rotatable bonds is 6. The monoisotopic (exact) mass is 340 g/mol. The van der Waals surface area contributed by atoms with E-state index in [1.54, 1.807) is 23.6 Å². The third-order valence-electron chi connectivity index (χ3n) is 3.17. The van der Waals surface area contributed by atoms with Crippen LogP contribution in [0.15, 0.2) is 52.9 Å².